The van der Waals surface area contributed by atoms with Gasteiger partial charge in [0.15, 0.2) is 0 Å². The van der Waals surface area contributed by atoms with Crippen LogP contribution in [0.15, 0.2) is 199 Å². The van der Waals surface area contributed by atoms with E-state index in [9.17, 15) is 5.48 Å². The second kappa shape index (κ2) is 12.1. The minimum Gasteiger partial charge on any atom is -0.317 e. The van der Waals surface area contributed by atoms with Crippen LogP contribution in [-0.4, -0.2) is 17.9 Å². The Kier molecular flexibility index (Phi) is 5.29. The quantitative estimate of drug-likeness (QED) is 0.168. The van der Waals surface area contributed by atoms with Crippen LogP contribution in [0.2, 0.25) is 0 Å². The van der Waals surface area contributed by atoms with Gasteiger partial charge in [-0.2, -0.15) is 0 Å². The molecule has 2 aliphatic rings. The van der Waals surface area contributed by atoms with E-state index in [0.717, 1.165) is 39.0 Å². The van der Waals surface area contributed by atoms with Crippen LogP contribution >= 0.6 is 0 Å². The summed E-state index contributed by atoms with van der Waals surface area (Å²) >= 11 is 0. The fourth-order valence-corrected chi connectivity index (χ4v) is 7.57. The number of amidine groups is 1. The highest BCUT2D eigenvalue weighted by Crippen LogP contribution is 2.44. The molecule has 0 saturated heterocycles. The van der Waals surface area contributed by atoms with Gasteiger partial charge in [-0.3, -0.25) is 4.99 Å². The van der Waals surface area contributed by atoms with Gasteiger partial charge in [0.2, 0.25) is 0 Å². The smallest absolute Gasteiger partial charge is 0.136 e. The molecule has 0 N–H and O–H groups in total. The highest BCUT2D eigenvalue weighted by atomic mass is 15.3. The monoisotopic (exact) mass is 658 g/mol. The first-order valence-electron chi connectivity index (χ1n) is 21.1. The van der Waals surface area contributed by atoms with Crippen LogP contribution in [0, 0.1) is 0 Å². The summed E-state index contributed by atoms with van der Waals surface area (Å²) in [5, 5.41) is 2.98. The number of benzene rings is 8. The van der Waals surface area contributed by atoms with Gasteiger partial charge < -0.3 is 4.90 Å². The second-order valence-electron chi connectivity index (χ2n) is 12.9. The van der Waals surface area contributed by atoms with Crippen molar-refractivity contribution >= 4 is 43.8 Å². The minimum absolute atomic E-state index is 0.0372. The molecule has 0 radical (unpaired) electrons. The van der Waals surface area contributed by atoms with Crippen molar-refractivity contribution in [3.8, 4) is 33.4 Å². The lowest BCUT2D eigenvalue weighted by atomic mass is 9.85. The van der Waals surface area contributed by atoms with E-state index in [1.54, 1.807) is 0 Å². The normalized spacial score (nSPS) is 18.7. The summed E-state index contributed by atoms with van der Waals surface area (Å²) in [6.07, 6.45) is 8.30. The molecule has 8 aromatic carbocycles. The third-order valence-electron chi connectivity index (χ3n) is 9.97. The van der Waals surface area contributed by atoms with Crippen molar-refractivity contribution in [2.45, 2.75) is 12.1 Å². The van der Waals surface area contributed by atoms with Crippen molar-refractivity contribution in [1.29, 1.82) is 0 Å². The molecule has 1 aliphatic heterocycles. The van der Waals surface area contributed by atoms with E-state index >= 15 is 0 Å². The third-order valence-corrected chi connectivity index (χ3v) is 9.97. The maximum atomic E-state index is 9.35. The number of allylic oxidation sites excluding steroid dienone is 2. The molecule has 0 fully saturated rings. The first-order valence-corrected chi connectivity index (χ1v) is 17.1. The Hall–Kier alpha value is -6.51. The van der Waals surface area contributed by atoms with Crippen LogP contribution in [0.3, 0.4) is 0 Å². The molecule has 0 aromatic heterocycles. The molecule has 2 atom stereocenters. The molecular weight excluding hydrogens is 617 g/mol. The number of hydrogen-bond acceptors (Lipinski definition) is 2. The molecule has 0 saturated carbocycles. The van der Waals surface area contributed by atoms with Crippen LogP contribution in [-0.2, 0) is 0 Å². The molecule has 2 nitrogen and oxygen atoms in total. The summed E-state index contributed by atoms with van der Waals surface area (Å²) in [5.41, 5.74) is 5.48. The molecule has 1 heterocycles. The van der Waals surface area contributed by atoms with Crippen molar-refractivity contribution in [3.63, 3.8) is 0 Å². The molecule has 0 bridgehead atoms. The number of hydrogen-bond donors (Lipinski definition) is 0. The van der Waals surface area contributed by atoms with Gasteiger partial charge in [0.1, 0.15) is 5.84 Å². The van der Waals surface area contributed by atoms with Gasteiger partial charge in [0.05, 0.1) is 23.0 Å². The molecule has 0 spiro atoms. The van der Waals surface area contributed by atoms with Gasteiger partial charge in [0.25, 0.3) is 0 Å². The van der Waals surface area contributed by atoms with E-state index < -0.39 is 24.2 Å². The van der Waals surface area contributed by atoms with E-state index in [2.05, 4.69) is 47.4 Å². The molecule has 10 rings (SSSR count). The van der Waals surface area contributed by atoms with E-state index in [1.165, 1.54) is 0 Å². The summed E-state index contributed by atoms with van der Waals surface area (Å²) in [5.74, 6) is 0.769. The third kappa shape index (κ3) is 4.99. The zero-order chi connectivity index (χ0) is 40.7. The Morgan fingerprint density at radius 1 is 0.471 bits per heavy atom. The first kappa shape index (κ1) is 22.3. The van der Waals surface area contributed by atoms with Crippen LogP contribution in [0.5, 0.6) is 0 Å². The van der Waals surface area contributed by atoms with Crippen LogP contribution < -0.4 is 4.90 Å². The maximum Gasteiger partial charge on any atom is 0.136 e. The summed E-state index contributed by atoms with van der Waals surface area (Å²) < 4.78 is 72.5. The zero-order valence-corrected chi connectivity index (χ0v) is 27.4. The summed E-state index contributed by atoms with van der Waals surface area (Å²) in [4.78, 5) is 7.43. The van der Waals surface area contributed by atoms with Crippen molar-refractivity contribution < 1.29 is 11.0 Å². The average Bonchev–Trinajstić information content (AvgIpc) is 3.68. The van der Waals surface area contributed by atoms with Crippen molar-refractivity contribution in [3.05, 3.63) is 200 Å². The predicted molar refractivity (Wildman–Crippen MR) is 217 cm³/mol. The lowest BCUT2D eigenvalue weighted by Gasteiger charge is -2.29. The molecule has 8 aromatic rings. The van der Waals surface area contributed by atoms with E-state index in [0.29, 0.717) is 22.3 Å². The van der Waals surface area contributed by atoms with E-state index in [-0.39, 0.29) is 57.8 Å². The van der Waals surface area contributed by atoms with E-state index in [4.69, 9.17) is 10.5 Å². The molecule has 51 heavy (non-hydrogen) atoms. The number of anilines is 1. The van der Waals surface area contributed by atoms with Gasteiger partial charge in [-0.1, -0.05) is 182 Å². The van der Waals surface area contributed by atoms with Crippen molar-refractivity contribution in [1.82, 2.24) is 0 Å². The Balaban J connectivity index is 1.21. The van der Waals surface area contributed by atoms with Crippen molar-refractivity contribution in [2.75, 3.05) is 4.90 Å². The Bertz CT molecular complexity index is 3060. The van der Waals surface area contributed by atoms with Crippen LogP contribution in [0.4, 0.5) is 5.69 Å². The van der Waals surface area contributed by atoms with Gasteiger partial charge in [-0.15, -0.1) is 0 Å². The van der Waals surface area contributed by atoms with Crippen molar-refractivity contribution in [2.24, 2.45) is 4.99 Å². The SMILES string of the molecule is [2H]c1c([2H])c([2H])c2c(-c3ccc(-c4ccccc4)cc3)c3c([2H])c([2H])c([2H])c([2H])c3c(-c3ccc(C4=NC5C=CC=CC5N4c4ccc5ccccc5c4)cc3)c2c1[2H]. The Morgan fingerprint density at radius 3 is 1.61 bits per heavy atom. The number of rotatable bonds is 5. The van der Waals surface area contributed by atoms with Crippen LogP contribution in [0.1, 0.15) is 16.5 Å². The van der Waals surface area contributed by atoms with Gasteiger partial charge in [-0.05, 0) is 77.8 Å². The fraction of sp³-hybridized carbons (Fsp3) is 0.0408. The maximum absolute atomic E-state index is 9.35. The van der Waals surface area contributed by atoms with E-state index in [1.807, 2.05) is 103 Å². The topological polar surface area (TPSA) is 15.6 Å². The molecule has 240 valence electrons. The fourth-order valence-electron chi connectivity index (χ4n) is 7.57. The standard InChI is InChI=1S/C49H34N2/c1-2-12-33(13-3-1)35-22-24-36(25-23-35)47-41-16-6-8-18-43(41)48(44-19-9-7-17-42(44)47)37-26-28-38(29-27-37)49-50-45-20-10-11-21-46(45)51(49)40-31-30-34-14-4-5-15-39(34)32-40/h1-32,45-46H/i6D,7D,8D,9D,16D,17D,18D,19D. The number of aliphatic imine (C=N–C) groups is 1. The Morgan fingerprint density at radius 2 is 0.980 bits per heavy atom. The lowest BCUT2D eigenvalue weighted by Crippen LogP contribution is -2.39. The molecule has 2 unspecified atom stereocenters. The first-order chi connectivity index (χ1) is 28.6. The largest absolute Gasteiger partial charge is 0.317 e. The highest BCUT2D eigenvalue weighted by Gasteiger charge is 2.35. The minimum atomic E-state index is -0.430. The lowest BCUT2D eigenvalue weighted by molar-refractivity contribution is 0.739. The van der Waals surface area contributed by atoms with Gasteiger partial charge in [-0.25, -0.2) is 0 Å². The van der Waals surface area contributed by atoms with Gasteiger partial charge in [0, 0.05) is 11.3 Å². The summed E-state index contributed by atoms with van der Waals surface area (Å²) in [6.45, 7) is 0. The Labute approximate surface area is 309 Å². The molecule has 0 amide bonds. The average molecular weight is 659 g/mol. The predicted octanol–water partition coefficient (Wildman–Crippen LogP) is 12.3. The zero-order valence-electron chi connectivity index (χ0n) is 35.4. The second-order valence-corrected chi connectivity index (χ2v) is 12.9. The summed E-state index contributed by atoms with van der Waals surface area (Å²) in [6, 6.07) is 36.5. The number of nitrogens with zero attached hydrogens (tertiary/aromatic N) is 2. The molecule has 1 aliphatic carbocycles. The van der Waals surface area contributed by atoms with Gasteiger partial charge >= 0.3 is 0 Å². The molecular formula is C49H34N2. The summed E-state index contributed by atoms with van der Waals surface area (Å²) in [7, 11) is 0. The molecule has 2 heteroatoms. The highest BCUT2D eigenvalue weighted by molar-refractivity contribution is 6.21. The van der Waals surface area contributed by atoms with Crippen LogP contribution in [0.25, 0.3) is 65.7 Å². The number of fused-ring (bicyclic) bond motifs is 4.